The van der Waals surface area contributed by atoms with Crippen LogP contribution < -0.4 is 4.74 Å². The molecular formula is C50H39NOS2. The molecule has 0 radical (unpaired) electrons. The number of benzene rings is 6. The van der Waals surface area contributed by atoms with E-state index in [1.807, 2.05) is 35.9 Å². The molecule has 11 rings (SSSR count). The largest absolute Gasteiger partial charge is 0.455 e. The fourth-order valence-electron chi connectivity index (χ4n) is 9.78. The number of hydrogen-bond donors (Lipinski definition) is 0. The summed E-state index contributed by atoms with van der Waals surface area (Å²) in [5, 5.41) is 0. The van der Waals surface area contributed by atoms with Crippen LogP contribution in [0.2, 0.25) is 0 Å². The van der Waals surface area contributed by atoms with Gasteiger partial charge in [-0.3, -0.25) is 4.98 Å². The molecular weight excluding hydrogens is 695 g/mol. The zero-order valence-electron chi connectivity index (χ0n) is 31.3. The van der Waals surface area contributed by atoms with Crippen molar-refractivity contribution in [2.75, 3.05) is 0 Å². The van der Waals surface area contributed by atoms with Crippen LogP contribution in [0.25, 0.3) is 44.5 Å². The van der Waals surface area contributed by atoms with E-state index in [0.717, 1.165) is 28.2 Å². The van der Waals surface area contributed by atoms with Crippen LogP contribution in [0.3, 0.4) is 0 Å². The molecule has 0 atom stereocenters. The first-order chi connectivity index (χ1) is 26.0. The van der Waals surface area contributed by atoms with Gasteiger partial charge in [0.2, 0.25) is 0 Å². The van der Waals surface area contributed by atoms with E-state index in [2.05, 4.69) is 157 Å². The van der Waals surface area contributed by atoms with Crippen molar-refractivity contribution >= 4 is 23.5 Å². The quantitative estimate of drug-likeness (QED) is 0.176. The van der Waals surface area contributed by atoms with Gasteiger partial charge in [-0.1, -0.05) is 162 Å². The number of hydrogen-bond acceptors (Lipinski definition) is 4. The second kappa shape index (κ2) is 11.0. The summed E-state index contributed by atoms with van der Waals surface area (Å²) in [6, 6.07) is 42.8. The molecule has 4 aliphatic rings. The molecule has 0 saturated carbocycles. The molecule has 2 aliphatic carbocycles. The van der Waals surface area contributed by atoms with Gasteiger partial charge in [-0.2, -0.15) is 0 Å². The molecule has 7 aromatic rings. The number of pyridine rings is 1. The minimum absolute atomic E-state index is 0.0319. The van der Waals surface area contributed by atoms with Crippen molar-refractivity contribution < 1.29 is 4.74 Å². The second-order valence-corrected chi connectivity index (χ2v) is 18.8. The summed E-state index contributed by atoms with van der Waals surface area (Å²) in [6.07, 6.45) is 4.02. The van der Waals surface area contributed by atoms with Gasteiger partial charge in [0, 0.05) is 87.2 Å². The van der Waals surface area contributed by atoms with Crippen LogP contribution in [0, 0.1) is 0 Å². The Labute approximate surface area is 326 Å². The fourth-order valence-corrected chi connectivity index (χ4v) is 12.4. The average Bonchev–Trinajstić information content (AvgIpc) is 3.57. The Morgan fingerprint density at radius 1 is 0.426 bits per heavy atom. The van der Waals surface area contributed by atoms with Gasteiger partial charge in [-0.15, -0.1) is 0 Å². The summed E-state index contributed by atoms with van der Waals surface area (Å²) >= 11 is 3.81. The summed E-state index contributed by atoms with van der Waals surface area (Å²) < 4.78 is 7.22. The Kier molecular flexibility index (Phi) is 6.62. The molecule has 0 N–H and O–H groups in total. The molecule has 0 bridgehead atoms. The van der Waals surface area contributed by atoms with Crippen molar-refractivity contribution in [3.8, 4) is 56.0 Å². The van der Waals surface area contributed by atoms with Crippen molar-refractivity contribution in [2.24, 2.45) is 0 Å². The van der Waals surface area contributed by atoms with Gasteiger partial charge < -0.3 is 4.74 Å². The monoisotopic (exact) mass is 733 g/mol. The smallest absolute Gasteiger partial charge is 0.139 e. The normalized spacial score (nSPS) is 16.8. The minimum Gasteiger partial charge on any atom is -0.455 e. The Bertz CT molecular complexity index is 2790. The lowest BCUT2D eigenvalue weighted by Crippen LogP contribution is -2.25. The summed E-state index contributed by atoms with van der Waals surface area (Å²) in [4.78, 5) is 10.2. The zero-order chi connectivity index (χ0) is 36.7. The van der Waals surface area contributed by atoms with Crippen LogP contribution in [-0.4, -0.2) is 4.98 Å². The Hall–Kier alpha value is -5.03. The van der Waals surface area contributed by atoms with Crippen LogP contribution in [0.4, 0.5) is 0 Å². The van der Waals surface area contributed by atoms with Crippen molar-refractivity contribution in [1.29, 1.82) is 0 Å². The molecule has 3 heterocycles. The van der Waals surface area contributed by atoms with Crippen LogP contribution in [0.5, 0.6) is 11.5 Å². The molecule has 0 unspecified atom stereocenters. The topological polar surface area (TPSA) is 22.1 Å². The molecule has 54 heavy (non-hydrogen) atoms. The SMILES string of the molecule is CC1(C)c2cccc(-c3cncc(-c4cccc5c4Sc4c(ccc6c4-c4ccccc4C6(C)C)S5)c3)c2Oc2c1ccc1c2-c2ccccc2C1(C)C. The van der Waals surface area contributed by atoms with Crippen molar-refractivity contribution in [2.45, 2.75) is 77.4 Å². The number of para-hydroxylation sites is 1. The third-order valence-corrected chi connectivity index (χ3v) is 15.3. The Morgan fingerprint density at radius 3 is 1.70 bits per heavy atom. The van der Waals surface area contributed by atoms with Crippen LogP contribution in [0.1, 0.15) is 74.9 Å². The van der Waals surface area contributed by atoms with Crippen LogP contribution >= 0.6 is 23.5 Å². The first-order valence-corrected chi connectivity index (χ1v) is 20.5. The van der Waals surface area contributed by atoms with E-state index in [1.54, 1.807) is 0 Å². The fraction of sp³-hybridized carbons (Fsp3) is 0.180. The van der Waals surface area contributed by atoms with Gasteiger partial charge in [-0.05, 0) is 57.1 Å². The summed E-state index contributed by atoms with van der Waals surface area (Å²) in [5.74, 6) is 1.91. The highest BCUT2D eigenvalue weighted by Crippen LogP contribution is 2.62. The molecule has 6 aromatic carbocycles. The van der Waals surface area contributed by atoms with E-state index in [0.29, 0.717) is 0 Å². The Morgan fingerprint density at radius 2 is 0.944 bits per heavy atom. The maximum Gasteiger partial charge on any atom is 0.139 e. The lowest BCUT2D eigenvalue weighted by molar-refractivity contribution is 0.420. The first-order valence-electron chi connectivity index (χ1n) is 18.9. The van der Waals surface area contributed by atoms with E-state index in [4.69, 9.17) is 9.72 Å². The molecule has 2 aliphatic heterocycles. The molecule has 0 fully saturated rings. The Balaban J connectivity index is 1.03. The van der Waals surface area contributed by atoms with E-state index in [9.17, 15) is 0 Å². The molecule has 0 amide bonds. The highest BCUT2D eigenvalue weighted by Gasteiger charge is 2.43. The van der Waals surface area contributed by atoms with E-state index < -0.39 is 0 Å². The van der Waals surface area contributed by atoms with E-state index in [1.165, 1.54) is 80.8 Å². The van der Waals surface area contributed by atoms with Gasteiger partial charge in [0.1, 0.15) is 11.5 Å². The summed E-state index contributed by atoms with van der Waals surface area (Å²) in [5.41, 5.74) is 17.3. The first kappa shape index (κ1) is 32.4. The predicted octanol–water partition coefficient (Wildman–Crippen LogP) is 14.1. The number of aromatic nitrogens is 1. The van der Waals surface area contributed by atoms with E-state index >= 15 is 0 Å². The van der Waals surface area contributed by atoms with Crippen molar-refractivity contribution in [3.63, 3.8) is 0 Å². The highest BCUT2D eigenvalue weighted by molar-refractivity contribution is 8.05. The number of nitrogens with zero attached hydrogens (tertiary/aromatic N) is 1. The highest BCUT2D eigenvalue weighted by atomic mass is 32.2. The van der Waals surface area contributed by atoms with Gasteiger partial charge in [0.25, 0.3) is 0 Å². The number of rotatable bonds is 2. The van der Waals surface area contributed by atoms with Crippen LogP contribution in [-0.2, 0) is 16.2 Å². The number of ether oxygens (including phenoxy) is 1. The molecule has 4 heteroatoms. The lowest BCUT2D eigenvalue weighted by atomic mass is 9.73. The van der Waals surface area contributed by atoms with Gasteiger partial charge in [0.05, 0.1) is 0 Å². The predicted molar refractivity (Wildman–Crippen MR) is 224 cm³/mol. The third-order valence-electron chi connectivity index (χ3n) is 12.7. The standard InChI is InChI=1S/C50H39NOS2/c1-48(2)34-17-9-7-13-32(34)42-36(48)21-22-39-45(42)52-44-30(15-11-19-38(44)50(39,5)6)28-25-29(27-51-26-28)31-16-12-20-40-46(31)54-47-41(53-40)24-23-37-43(47)33-14-8-10-18-35(33)49(37,3)4/h7-27H,1-6H3. The second-order valence-electron chi connectivity index (χ2n) is 16.7. The zero-order valence-corrected chi connectivity index (χ0v) is 32.9. The number of fused-ring (bicyclic) bond motifs is 12. The van der Waals surface area contributed by atoms with Gasteiger partial charge in [-0.25, -0.2) is 0 Å². The molecule has 262 valence electrons. The average molecular weight is 734 g/mol. The van der Waals surface area contributed by atoms with E-state index in [-0.39, 0.29) is 16.2 Å². The van der Waals surface area contributed by atoms with Crippen molar-refractivity contribution in [1.82, 2.24) is 4.98 Å². The summed E-state index contributed by atoms with van der Waals surface area (Å²) in [7, 11) is 0. The molecule has 0 spiro atoms. The summed E-state index contributed by atoms with van der Waals surface area (Å²) in [6.45, 7) is 14.1. The third kappa shape index (κ3) is 4.24. The van der Waals surface area contributed by atoms with Crippen molar-refractivity contribution in [3.05, 3.63) is 161 Å². The lowest BCUT2D eigenvalue weighted by Gasteiger charge is -2.37. The van der Waals surface area contributed by atoms with Gasteiger partial charge in [0.15, 0.2) is 0 Å². The maximum absolute atomic E-state index is 7.22. The molecule has 2 nitrogen and oxygen atoms in total. The molecule has 1 aromatic heterocycles. The molecule has 0 saturated heterocycles. The van der Waals surface area contributed by atoms with Gasteiger partial charge >= 0.3 is 0 Å². The maximum atomic E-state index is 7.22. The van der Waals surface area contributed by atoms with Crippen LogP contribution in [0.15, 0.2) is 147 Å². The minimum atomic E-state index is -0.256.